The van der Waals surface area contributed by atoms with Crippen LogP contribution in [0.25, 0.3) is 0 Å². The zero-order valence-electron chi connectivity index (χ0n) is 11.4. The molecule has 0 spiro atoms. The lowest BCUT2D eigenvalue weighted by molar-refractivity contribution is -0.122. The van der Waals surface area contributed by atoms with Gasteiger partial charge in [-0.1, -0.05) is 13.3 Å². The van der Waals surface area contributed by atoms with Crippen molar-refractivity contribution in [3.05, 3.63) is 0 Å². The largest absolute Gasteiger partial charge is 0.353 e. The van der Waals surface area contributed by atoms with Crippen molar-refractivity contribution in [1.82, 2.24) is 5.32 Å². The minimum absolute atomic E-state index is 0.211. The maximum Gasteiger partial charge on any atom is 0.220 e. The minimum atomic E-state index is 0.211. The Hall–Kier alpha value is -0.570. The third-order valence-corrected chi connectivity index (χ3v) is 3.85. The minimum Gasteiger partial charge on any atom is -0.353 e. The molecule has 1 aliphatic rings. The van der Waals surface area contributed by atoms with Crippen molar-refractivity contribution in [3.63, 3.8) is 0 Å². The SMILES string of the molecule is CCC1CCC(NC(=O)CCCC(C)N)CC1. The van der Waals surface area contributed by atoms with Gasteiger partial charge in [0.05, 0.1) is 0 Å². The highest BCUT2D eigenvalue weighted by atomic mass is 16.1. The molecule has 0 heterocycles. The molecule has 1 amide bonds. The zero-order chi connectivity index (χ0) is 12.7. The van der Waals surface area contributed by atoms with Gasteiger partial charge in [0.25, 0.3) is 0 Å². The average molecular weight is 240 g/mol. The smallest absolute Gasteiger partial charge is 0.220 e. The molecule has 1 fully saturated rings. The molecule has 1 unspecified atom stereocenters. The third-order valence-electron chi connectivity index (χ3n) is 3.85. The molecule has 0 radical (unpaired) electrons. The molecule has 3 N–H and O–H groups in total. The monoisotopic (exact) mass is 240 g/mol. The predicted octanol–water partition coefficient (Wildman–Crippen LogP) is 2.59. The highest BCUT2D eigenvalue weighted by Gasteiger charge is 2.20. The summed E-state index contributed by atoms with van der Waals surface area (Å²) in [5.74, 6) is 1.10. The van der Waals surface area contributed by atoms with Crippen LogP contribution in [0.1, 0.15) is 65.2 Å². The summed E-state index contributed by atoms with van der Waals surface area (Å²) in [5.41, 5.74) is 5.66. The fraction of sp³-hybridized carbons (Fsp3) is 0.929. The first kappa shape index (κ1) is 14.5. The Morgan fingerprint density at radius 2 is 2.00 bits per heavy atom. The average Bonchev–Trinajstić information content (AvgIpc) is 2.29. The summed E-state index contributed by atoms with van der Waals surface area (Å²) in [4.78, 5) is 11.7. The molecule has 17 heavy (non-hydrogen) atoms. The molecule has 1 rings (SSSR count). The second-order valence-corrected chi connectivity index (χ2v) is 5.56. The van der Waals surface area contributed by atoms with Crippen LogP contribution in [0.3, 0.4) is 0 Å². The van der Waals surface area contributed by atoms with Crippen LogP contribution in [0, 0.1) is 5.92 Å². The molecule has 1 saturated carbocycles. The summed E-state index contributed by atoms with van der Waals surface area (Å²) in [6, 6.07) is 0.642. The van der Waals surface area contributed by atoms with Crippen LogP contribution in [0.2, 0.25) is 0 Å². The van der Waals surface area contributed by atoms with Crippen LogP contribution < -0.4 is 11.1 Å². The van der Waals surface area contributed by atoms with Crippen molar-refractivity contribution in [2.45, 2.75) is 77.3 Å². The van der Waals surface area contributed by atoms with Crippen molar-refractivity contribution in [2.75, 3.05) is 0 Å². The Bertz CT molecular complexity index is 220. The summed E-state index contributed by atoms with van der Waals surface area (Å²) >= 11 is 0. The van der Waals surface area contributed by atoms with Crippen LogP contribution in [0.15, 0.2) is 0 Å². The van der Waals surface area contributed by atoms with E-state index in [1.54, 1.807) is 0 Å². The van der Waals surface area contributed by atoms with Gasteiger partial charge in [-0.25, -0.2) is 0 Å². The lowest BCUT2D eigenvalue weighted by Gasteiger charge is -2.28. The van der Waals surface area contributed by atoms with Crippen LogP contribution >= 0.6 is 0 Å². The molecule has 0 aliphatic heterocycles. The number of hydrogen-bond acceptors (Lipinski definition) is 2. The summed E-state index contributed by atoms with van der Waals surface area (Å²) in [7, 11) is 0. The second-order valence-electron chi connectivity index (χ2n) is 5.56. The molecule has 100 valence electrons. The Morgan fingerprint density at radius 1 is 1.35 bits per heavy atom. The molecule has 3 nitrogen and oxygen atoms in total. The van der Waals surface area contributed by atoms with Crippen LogP contribution in [0.5, 0.6) is 0 Å². The van der Waals surface area contributed by atoms with E-state index in [1.165, 1.54) is 19.3 Å². The Kier molecular flexibility index (Phi) is 6.56. The maximum absolute atomic E-state index is 11.7. The fourth-order valence-electron chi connectivity index (χ4n) is 2.60. The molecular weight excluding hydrogens is 212 g/mol. The Labute approximate surface area is 106 Å². The summed E-state index contributed by atoms with van der Waals surface area (Å²) < 4.78 is 0. The van der Waals surface area contributed by atoms with E-state index in [0.29, 0.717) is 12.5 Å². The van der Waals surface area contributed by atoms with Gasteiger partial charge >= 0.3 is 0 Å². The molecule has 0 saturated heterocycles. The first-order valence-electron chi connectivity index (χ1n) is 7.16. The van der Waals surface area contributed by atoms with E-state index in [0.717, 1.165) is 31.6 Å². The molecule has 1 aliphatic carbocycles. The Morgan fingerprint density at radius 3 is 2.53 bits per heavy atom. The zero-order valence-corrected chi connectivity index (χ0v) is 11.4. The van der Waals surface area contributed by atoms with Gasteiger partial charge in [-0.15, -0.1) is 0 Å². The third kappa shape index (κ3) is 6.06. The molecule has 3 heteroatoms. The first-order valence-corrected chi connectivity index (χ1v) is 7.16. The quantitative estimate of drug-likeness (QED) is 0.750. The lowest BCUT2D eigenvalue weighted by Crippen LogP contribution is -2.37. The van der Waals surface area contributed by atoms with Gasteiger partial charge < -0.3 is 11.1 Å². The van der Waals surface area contributed by atoms with Gasteiger partial charge in [0.2, 0.25) is 5.91 Å². The van der Waals surface area contributed by atoms with E-state index in [-0.39, 0.29) is 11.9 Å². The number of carbonyl (C=O) groups excluding carboxylic acids is 1. The first-order chi connectivity index (χ1) is 8.11. The summed E-state index contributed by atoms with van der Waals surface area (Å²) in [6.07, 6.45) is 8.66. The van der Waals surface area contributed by atoms with E-state index >= 15 is 0 Å². The van der Waals surface area contributed by atoms with E-state index in [2.05, 4.69) is 12.2 Å². The van der Waals surface area contributed by atoms with Gasteiger partial charge in [0.15, 0.2) is 0 Å². The summed E-state index contributed by atoms with van der Waals surface area (Å²) in [6.45, 7) is 4.25. The van der Waals surface area contributed by atoms with E-state index < -0.39 is 0 Å². The lowest BCUT2D eigenvalue weighted by atomic mass is 9.84. The maximum atomic E-state index is 11.7. The van der Waals surface area contributed by atoms with Crippen molar-refractivity contribution >= 4 is 5.91 Å². The standard InChI is InChI=1S/C14H28N2O/c1-3-12-7-9-13(10-8-12)16-14(17)6-4-5-11(2)15/h11-13H,3-10,15H2,1-2H3,(H,16,17). The number of amides is 1. The van der Waals surface area contributed by atoms with Crippen LogP contribution in [-0.4, -0.2) is 18.0 Å². The van der Waals surface area contributed by atoms with Gasteiger partial charge in [-0.3, -0.25) is 4.79 Å². The van der Waals surface area contributed by atoms with Gasteiger partial charge in [0, 0.05) is 18.5 Å². The van der Waals surface area contributed by atoms with Crippen molar-refractivity contribution in [1.29, 1.82) is 0 Å². The number of nitrogens with two attached hydrogens (primary N) is 1. The predicted molar refractivity (Wildman–Crippen MR) is 71.7 cm³/mol. The topological polar surface area (TPSA) is 55.1 Å². The van der Waals surface area contributed by atoms with Crippen molar-refractivity contribution < 1.29 is 4.79 Å². The number of hydrogen-bond donors (Lipinski definition) is 2. The molecule has 0 aromatic rings. The van der Waals surface area contributed by atoms with E-state index in [4.69, 9.17) is 5.73 Å². The highest BCUT2D eigenvalue weighted by molar-refractivity contribution is 5.76. The van der Waals surface area contributed by atoms with E-state index in [1.807, 2.05) is 6.92 Å². The van der Waals surface area contributed by atoms with Gasteiger partial charge in [-0.05, 0) is 51.4 Å². The molecular formula is C14H28N2O. The van der Waals surface area contributed by atoms with Crippen molar-refractivity contribution in [3.8, 4) is 0 Å². The normalized spacial score (nSPS) is 26.5. The fourth-order valence-corrected chi connectivity index (χ4v) is 2.60. The molecule has 0 aromatic heterocycles. The number of nitrogens with one attached hydrogen (secondary N) is 1. The van der Waals surface area contributed by atoms with Gasteiger partial charge in [-0.2, -0.15) is 0 Å². The molecule has 0 aromatic carbocycles. The van der Waals surface area contributed by atoms with Gasteiger partial charge in [0.1, 0.15) is 0 Å². The molecule has 1 atom stereocenters. The van der Waals surface area contributed by atoms with Crippen LogP contribution in [0.4, 0.5) is 0 Å². The van der Waals surface area contributed by atoms with Crippen LogP contribution in [-0.2, 0) is 4.79 Å². The second kappa shape index (κ2) is 7.70. The molecule has 0 bridgehead atoms. The van der Waals surface area contributed by atoms with E-state index in [9.17, 15) is 4.79 Å². The summed E-state index contributed by atoms with van der Waals surface area (Å²) in [5, 5.41) is 3.16. The highest BCUT2D eigenvalue weighted by Crippen LogP contribution is 2.26. The number of carbonyl (C=O) groups is 1. The Balaban J connectivity index is 2.10. The number of rotatable bonds is 6. The van der Waals surface area contributed by atoms with Crippen molar-refractivity contribution in [2.24, 2.45) is 11.7 Å².